The van der Waals surface area contributed by atoms with Crippen LogP contribution >= 0.6 is 0 Å². The number of aromatic nitrogens is 2. The van der Waals surface area contributed by atoms with Crippen LogP contribution in [0.3, 0.4) is 0 Å². The topological polar surface area (TPSA) is 98.0 Å². The average Bonchev–Trinajstić information content (AvgIpc) is 2.34. The van der Waals surface area contributed by atoms with Gasteiger partial charge in [0.2, 0.25) is 0 Å². The number of H-pyrrole nitrogens is 1. The second-order valence-corrected chi connectivity index (χ2v) is 4.14. The van der Waals surface area contributed by atoms with E-state index >= 15 is 0 Å². The summed E-state index contributed by atoms with van der Waals surface area (Å²) in [5, 5.41) is 10.7. The summed E-state index contributed by atoms with van der Waals surface area (Å²) < 4.78 is 1.10. The fourth-order valence-corrected chi connectivity index (χ4v) is 1.64. The number of aryl methyl sites for hydroxylation is 1. The zero-order valence-corrected chi connectivity index (χ0v) is 10.1. The van der Waals surface area contributed by atoms with Gasteiger partial charge < -0.3 is 0 Å². The molecule has 98 valence electrons. The van der Waals surface area contributed by atoms with E-state index in [4.69, 9.17) is 0 Å². The van der Waals surface area contributed by atoms with Crippen molar-refractivity contribution >= 4 is 5.69 Å². The van der Waals surface area contributed by atoms with Crippen molar-refractivity contribution in [2.75, 3.05) is 0 Å². The highest BCUT2D eigenvalue weighted by atomic mass is 16.6. The molecule has 0 saturated carbocycles. The van der Waals surface area contributed by atoms with Gasteiger partial charge in [-0.25, -0.2) is 4.79 Å². The molecule has 2 aromatic rings. The van der Waals surface area contributed by atoms with Gasteiger partial charge >= 0.3 is 16.9 Å². The summed E-state index contributed by atoms with van der Waals surface area (Å²) >= 11 is 0. The highest BCUT2D eigenvalue weighted by molar-refractivity contribution is 5.24. The van der Waals surface area contributed by atoms with Gasteiger partial charge in [0.1, 0.15) is 0 Å². The van der Waals surface area contributed by atoms with E-state index in [0.717, 1.165) is 21.9 Å². The summed E-state index contributed by atoms with van der Waals surface area (Å²) in [7, 11) is 0. The molecule has 0 spiro atoms. The Bertz CT molecular complexity index is 728. The molecular formula is C12H11N3O4. The molecule has 1 aromatic carbocycles. The first-order valence-corrected chi connectivity index (χ1v) is 5.51. The predicted octanol–water partition coefficient (Wildman–Crippen LogP) is 0.802. The molecule has 0 saturated heterocycles. The lowest BCUT2D eigenvalue weighted by atomic mass is 10.1. The normalized spacial score (nSPS) is 10.4. The van der Waals surface area contributed by atoms with E-state index in [1.54, 1.807) is 0 Å². The van der Waals surface area contributed by atoms with E-state index in [0.29, 0.717) is 0 Å². The molecule has 0 radical (unpaired) electrons. The Balaban J connectivity index is 2.43. The molecular weight excluding hydrogens is 250 g/mol. The Kier molecular flexibility index (Phi) is 3.28. The van der Waals surface area contributed by atoms with Crippen molar-refractivity contribution in [1.29, 1.82) is 0 Å². The van der Waals surface area contributed by atoms with Crippen molar-refractivity contribution in [1.82, 2.24) is 9.55 Å². The van der Waals surface area contributed by atoms with Crippen LogP contribution in [0.1, 0.15) is 11.1 Å². The smallest absolute Gasteiger partial charge is 0.289 e. The highest BCUT2D eigenvalue weighted by Gasteiger charge is 2.14. The number of benzene rings is 1. The second kappa shape index (κ2) is 4.89. The molecule has 0 aliphatic heterocycles. The van der Waals surface area contributed by atoms with Crippen LogP contribution in [0, 0.1) is 17.0 Å². The Morgan fingerprint density at radius 2 is 1.89 bits per heavy atom. The number of rotatable bonds is 3. The third-order valence-electron chi connectivity index (χ3n) is 2.66. The number of nitro groups is 1. The van der Waals surface area contributed by atoms with Crippen LogP contribution in [0.4, 0.5) is 5.69 Å². The van der Waals surface area contributed by atoms with Crippen molar-refractivity contribution in [3.8, 4) is 0 Å². The van der Waals surface area contributed by atoms with E-state index in [1.807, 2.05) is 36.2 Å². The van der Waals surface area contributed by atoms with E-state index < -0.39 is 21.9 Å². The zero-order chi connectivity index (χ0) is 14.0. The first-order valence-electron chi connectivity index (χ1n) is 5.51. The highest BCUT2D eigenvalue weighted by Crippen LogP contribution is 2.06. The summed E-state index contributed by atoms with van der Waals surface area (Å²) in [6.07, 6.45) is 0.959. The van der Waals surface area contributed by atoms with Crippen molar-refractivity contribution in [3.63, 3.8) is 0 Å². The molecule has 7 nitrogen and oxygen atoms in total. The first kappa shape index (κ1) is 12.7. The van der Waals surface area contributed by atoms with Gasteiger partial charge in [0.05, 0.1) is 17.7 Å². The molecule has 1 heterocycles. The van der Waals surface area contributed by atoms with Gasteiger partial charge in [-0.3, -0.25) is 24.5 Å². The zero-order valence-electron chi connectivity index (χ0n) is 10.1. The third-order valence-corrected chi connectivity index (χ3v) is 2.66. The van der Waals surface area contributed by atoms with E-state index in [1.165, 1.54) is 0 Å². The Morgan fingerprint density at radius 3 is 2.47 bits per heavy atom. The summed E-state index contributed by atoms with van der Waals surface area (Å²) in [5.41, 5.74) is -0.421. The SMILES string of the molecule is Cc1ccc(Cn2cc([N+](=O)[O-])c(=O)[nH]c2=O)cc1. The Hall–Kier alpha value is -2.70. The number of nitrogens with one attached hydrogen (secondary N) is 1. The summed E-state index contributed by atoms with van der Waals surface area (Å²) in [4.78, 5) is 34.6. The van der Waals surface area contributed by atoms with Crippen molar-refractivity contribution < 1.29 is 4.92 Å². The van der Waals surface area contributed by atoms with Crippen LogP contribution in [0.5, 0.6) is 0 Å². The van der Waals surface area contributed by atoms with Crippen LogP contribution in [0.2, 0.25) is 0 Å². The van der Waals surface area contributed by atoms with E-state index in [9.17, 15) is 19.7 Å². The van der Waals surface area contributed by atoms with Crippen molar-refractivity contribution in [3.05, 3.63) is 72.5 Å². The van der Waals surface area contributed by atoms with Crippen LogP contribution in [-0.4, -0.2) is 14.5 Å². The summed E-state index contributed by atoms with van der Waals surface area (Å²) in [6.45, 7) is 2.09. The molecule has 19 heavy (non-hydrogen) atoms. The number of aromatic amines is 1. The molecule has 0 amide bonds. The summed E-state index contributed by atoms with van der Waals surface area (Å²) in [5.74, 6) is 0. The Labute approximate surface area is 107 Å². The molecule has 7 heteroatoms. The standard InChI is InChI=1S/C12H11N3O4/c1-8-2-4-9(5-3-8)6-14-7-10(15(18)19)11(16)13-12(14)17/h2-5,7H,6H2,1H3,(H,13,16,17). The fourth-order valence-electron chi connectivity index (χ4n) is 1.64. The number of hydrogen-bond donors (Lipinski definition) is 1. The van der Waals surface area contributed by atoms with Crippen molar-refractivity contribution in [2.24, 2.45) is 0 Å². The maximum absolute atomic E-state index is 11.6. The second-order valence-electron chi connectivity index (χ2n) is 4.14. The fraction of sp³-hybridized carbons (Fsp3) is 0.167. The van der Waals surface area contributed by atoms with Gasteiger partial charge in [-0.1, -0.05) is 29.8 Å². The quantitative estimate of drug-likeness (QED) is 0.652. The molecule has 0 aliphatic rings. The van der Waals surface area contributed by atoms with Gasteiger partial charge in [0.25, 0.3) is 0 Å². The molecule has 1 aromatic heterocycles. The maximum atomic E-state index is 11.6. The molecule has 0 bridgehead atoms. The van der Waals surface area contributed by atoms with Crippen LogP contribution in [0.15, 0.2) is 40.1 Å². The third kappa shape index (κ3) is 2.76. The lowest BCUT2D eigenvalue weighted by molar-refractivity contribution is -0.386. The number of hydrogen-bond acceptors (Lipinski definition) is 4. The van der Waals surface area contributed by atoms with Gasteiger partial charge in [0.15, 0.2) is 0 Å². The lowest BCUT2D eigenvalue weighted by Gasteiger charge is -2.05. The minimum absolute atomic E-state index is 0.163. The molecule has 2 rings (SSSR count). The minimum atomic E-state index is -0.991. The average molecular weight is 261 g/mol. The van der Waals surface area contributed by atoms with Crippen molar-refractivity contribution in [2.45, 2.75) is 13.5 Å². The molecule has 1 N–H and O–H groups in total. The van der Waals surface area contributed by atoms with Gasteiger partial charge in [0, 0.05) is 0 Å². The van der Waals surface area contributed by atoms with Gasteiger partial charge in [-0.15, -0.1) is 0 Å². The largest absolute Gasteiger partial charge is 0.350 e. The maximum Gasteiger partial charge on any atom is 0.350 e. The molecule has 0 aliphatic carbocycles. The summed E-state index contributed by atoms with van der Waals surface area (Å²) in [6, 6.07) is 7.39. The minimum Gasteiger partial charge on any atom is -0.289 e. The first-order chi connectivity index (χ1) is 8.97. The Morgan fingerprint density at radius 1 is 1.26 bits per heavy atom. The van der Waals surface area contributed by atoms with Crippen LogP contribution in [0.25, 0.3) is 0 Å². The molecule has 0 atom stereocenters. The molecule has 0 unspecified atom stereocenters. The van der Waals surface area contributed by atoms with Crippen LogP contribution in [-0.2, 0) is 6.54 Å². The molecule has 0 fully saturated rings. The van der Waals surface area contributed by atoms with Gasteiger partial charge in [-0.2, -0.15) is 0 Å². The number of nitrogens with zero attached hydrogens (tertiary/aromatic N) is 2. The monoisotopic (exact) mass is 261 g/mol. The lowest BCUT2D eigenvalue weighted by Crippen LogP contribution is -2.31. The van der Waals surface area contributed by atoms with Crippen LogP contribution < -0.4 is 11.2 Å². The predicted molar refractivity (Wildman–Crippen MR) is 68.3 cm³/mol. The van der Waals surface area contributed by atoms with E-state index in [-0.39, 0.29) is 6.54 Å². The van der Waals surface area contributed by atoms with Gasteiger partial charge in [-0.05, 0) is 12.5 Å². The van der Waals surface area contributed by atoms with E-state index in [2.05, 4.69) is 0 Å².